The summed E-state index contributed by atoms with van der Waals surface area (Å²) in [5.74, 6) is 0. The van der Waals surface area contributed by atoms with Gasteiger partial charge in [0.1, 0.15) is 0 Å². The number of rotatable bonds is 7. The quantitative estimate of drug-likeness (QED) is 0.281. The Hall–Kier alpha value is -3.64. The van der Waals surface area contributed by atoms with Crippen LogP contribution in [0.2, 0.25) is 0 Å². The zero-order valence-corrected chi connectivity index (χ0v) is 17.8. The van der Waals surface area contributed by atoms with Gasteiger partial charge in [-0.15, -0.1) is 0 Å². The largest absolute Gasteiger partial charge is 0.0991 e. The van der Waals surface area contributed by atoms with Gasteiger partial charge >= 0.3 is 0 Å². The second-order valence-electron chi connectivity index (χ2n) is 7.38. The topological polar surface area (TPSA) is 0 Å². The Morgan fingerprint density at radius 3 is 1.87 bits per heavy atom. The average Bonchev–Trinajstić information content (AvgIpc) is 2.78. The molecule has 0 amide bonds. The first-order chi connectivity index (χ1) is 14.6. The maximum absolute atomic E-state index is 4.09. The molecule has 0 aromatic heterocycles. The van der Waals surface area contributed by atoms with E-state index in [4.69, 9.17) is 0 Å². The Labute approximate surface area is 180 Å². The molecule has 0 atom stereocenters. The molecule has 148 valence electrons. The summed E-state index contributed by atoms with van der Waals surface area (Å²) in [5.41, 5.74) is 9.43. The van der Waals surface area contributed by atoms with Gasteiger partial charge in [0.15, 0.2) is 0 Å². The minimum atomic E-state index is 0.994. The van der Waals surface area contributed by atoms with Gasteiger partial charge in [0.05, 0.1) is 0 Å². The summed E-state index contributed by atoms with van der Waals surface area (Å²) >= 11 is 0. The molecule has 0 aliphatic rings. The highest BCUT2D eigenvalue weighted by Crippen LogP contribution is 2.22. The molecule has 0 saturated carbocycles. The van der Waals surface area contributed by atoms with Crippen molar-refractivity contribution in [3.05, 3.63) is 138 Å². The fourth-order valence-electron chi connectivity index (χ4n) is 3.15. The van der Waals surface area contributed by atoms with Crippen molar-refractivity contribution < 1.29 is 0 Å². The van der Waals surface area contributed by atoms with Gasteiger partial charge in [-0.25, -0.2) is 0 Å². The van der Waals surface area contributed by atoms with Crippen molar-refractivity contribution in [1.82, 2.24) is 0 Å². The molecular formula is C30H28. The number of aryl methyl sites for hydroxylation is 1. The van der Waals surface area contributed by atoms with Crippen molar-refractivity contribution in [2.75, 3.05) is 0 Å². The van der Waals surface area contributed by atoms with Crippen LogP contribution in [0.25, 0.3) is 29.4 Å². The lowest BCUT2D eigenvalue weighted by molar-refractivity contribution is 1.45. The van der Waals surface area contributed by atoms with Gasteiger partial charge in [0.25, 0.3) is 0 Å². The minimum absolute atomic E-state index is 0.994. The average molecular weight is 389 g/mol. The summed E-state index contributed by atoms with van der Waals surface area (Å²) in [5, 5.41) is 0. The summed E-state index contributed by atoms with van der Waals surface area (Å²) in [4.78, 5) is 0. The first kappa shape index (κ1) is 21.1. The molecule has 0 unspecified atom stereocenters. The molecule has 0 aliphatic carbocycles. The fourth-order valence-corrected chi connectivity index (χ4v) is 3.15. The van der Waals surface area contributed by atoms with Crippen molar-refractivity contribution >= 4 is 18.2 Å². The van der Waals surface area contributed by atoms with Gasteiger partial charge in [-0.2, -0.15) is 0 Å². The highest BCUT2D eigenvalue weighted by Gasteiger charge is 1.98. The zero-order valence-electron chi connectivity index (χ0n) is 17.8. The van der Waals surface area contributed by atoms with Gasteiger partial charge in [0, 0.05) is 0 Å². The van der Waals surface area contributed by atoms with E-state index in [0.717, 1.165) is 16.7 Å². The number of hydrogen-bond acceptors (Lipinski definition) is 0. The second-order valence-corrected chi connectivity index (χ2v) is 7.38. The van der Waals surface area contributed by atoms with E-state index >= 15 is 0 Å². The molecule has 30 heavy (non-hydrogen) atoms. The van der Waals surface area contributed by atoms with Crippen LogP contribution >= 0.6 is 0 Å². The van der Waals surface area contributed by atoms with Crippen LogP contribution in [0.4, 0.5) is 0 Å². The summed E-state index contributed by atoms with van der Waals surface area (Å²) in [6.45, 7) is 12.0. The molecule has 0 radical (unpaired) electrons. The molecule has 0 spiro atoms. The van der Waals surface area contributed by atoms with E-state index in [0.29, 0.717) is 0 Å². The Morgan fingerprint density at radius 1 is 0.733 bits per heavy atom. The van der Waals surface area contributed by atoms with E-state index in [1.165, 1.54) is 27.8 Å². The third-order valence-corrected chi connectivity index (χ3v) is 5.15. The Morgan fingerprint density at radius 2 is 1.30 bits per heavy atom. The van der Waals surface area contributed by atoms with Crippen LogP contribution in [-0.2, 0) is 0 Å². The number of benzene rings is 3. The molecule has 0 aliphatic heterocycles. The summed E-state index contributed by atoms with van der Waals surface area (Å²) in [6.07, 6.45) is 12.2. The second kappa shape index (κ2) is 10.2. The normalized spacial score (nSPS) is 11.9. The number of allylic oxidation sites excluding steroid dienone is 5. The van der Waals surface area contributed by atoms with Crippen LogP contribution in [0, 0.1) is 6.92 Å². The Bertz CT molecular complexity index is 1100. The van der Waals surface area contributed by atoms with Gasteiger partial charge in [-0.1, -0.05) is 122 Å². The molecule has 0 bridgehead atoms. The van der Waals surface area contributed by atoms with Gasteiger partial charge in [0.2, 0.25) is 0 Å². The third-order valence-electron chi connectivity index (χ3n) is 5.15. The molecule has 0 nitrogen and oxygen atoms in total. The first-order valence-electron chi connectivity index (χ1n) is 10.2. The van der Waals surface area contributed by atoms with E-state index in [9.17, 15) is 0 Å². The van der Waals surface area contributed by atoms with Crippen LogP contribution in [0.5, 0.6) is 0 Å². The van der Waals surface area contributed by atoms with E-state index in [1.54, 1.807) is 6.08 Å². The lowest BCUT2D eigenvalue weighted by atomic mass is 10.0. The fraction of sp³-hybridized carbons (Fsp3) is 0.0667. The van der Waals surface area contributed by atoms with Gasteiger partial charge in [-0.3, -0.25) is 0 Å². The molecule has 3 aromatic carbocycles. The van der Waals surface area contributed by atoms with Crippen LogP contribution in [0.1, 0.15) is 29.2 Å². The van der Waals surface area contributed by atoms with Crippen molar-refractivity contribution in [3.63, 3.8) is 0 Å². The summed E-state index contributed by atoms with van der Waals surface area (Å²) < 4.78 is 0. The molecule has 3 rings (SSSR count). The highest BCUT2D eigenvalue weighted by molar-refractivity contribution is 5.73. The van der Waals surface area contributed by atoms with E-state index in [-0.39, 0.29) is 0 Å². The van der Waals surface area contributed by atoms with Crippen LogP contribution in [0.15, 0.2) is 115 Å². The smallest absolute Gasteiger partial charge is 0.0184 e. The van der Waals surface area contributed by atoms with Crippen molar-refractivity contribution in [1.29, 1.82) is 0 Å². The Kier molecular flexibility index (Phi) is 7.19. The van der Waals surface area contributed by atoms with Crippen molar-refractivity contribution in [2.45, 2.75) is 13.8 Å². The number of hydrogen-bond donors (Lipinski definition) is 0. The summed E-state index contributed by atoms with van der Waals surface area (Å²) in [7, 11) is 0. The maximum atomic E-state index is 4.09. The molecular weight excluding hydrogens is 360 g/mol. The Balaban J connectivity index is 1.68. The van der Waals surface area contributed by atoms with E-state index < -0.39 is 0 Å². The third kappa shape index (κ3) is 5.68. The minimum Gasteiger partial charge on any atom is -0.0991 e. The van der Waals surface area contributed by atoms with E-state index in [2.05, 4.69) is 111 Å². The van der Waals surface area contributed by atoms with Gasteiger partial charge in [-0.05, 0) is 58.4 Å². The van der Waals surface area contributed by atoms with Crippen molar-refractivity contribution in [3.8, 4) is 11.1 Å². The molecule has 0 saturated heterocycles. The maximum Gasteiger partial charge on any atom is -0.0184 e. The molecule has 0 heterocycles. The highest BCUT2D eigenvalue weighted by atomic mass is 14.0. The lowest BCUT2D eigenvalue weighted by Gasteiger charge is -2.04. The predicted molar refractivity (Wildman–Crippen MR) is 134 cm³/mol. The first-order valence-corrected chi connectivity index (χ1v) is 10.2. The molecule has 0 heteroatoms. The SMILES string of the molecule is C=CC=C(C)C(=C)C=Cc1ccc(-c2ccc(C=Cc3ccccc3C)cc2)cc1. The van der Waals surface area contributed by atoms with Crippen LogP contribution in [-0.4, -0.2) is 0 Å². The van der Waals surface area contributed by atoms with Crippen molar-refractivity contribution in [2.24, 2.45) is 0 Å². The summed E-state index contributed by atoms with van der Waals surface area (Å²) in [6, 6.07) is 25.7. The molecule has 0 N–H and O–H groups in total. The van der Waals surface area contributed by atoms with Crippen LogP contribution < -0.4 is 0 Å². The lowest BCUT2D eigenvalue weighted by Crippen LogP contribution is -1.81. The van der Waals surface area contributed by atoms with E-state index in [1.807, 2.05) is 19.1 Å². The molecule has 3 aromatic rings. The van der Waals surface area contributed by atoms with Crippen LogP contribution in [0.3, 0.4) is 0 Å². The predicted octanol–water partition coefficient (Wildman–Crippen LogP) is 8.53. The molecule has 0 fully saturated rings. The zero-order chi connectivity index (χ0) is 21.3. The monoisotopic (exact) mass is 388 g/mol. The standard InChI is InChI=1S/C30H28/c1-5-8-23(2)24(3)11-12-26-14-19-29(20-15-26)30-21-16-27(17-22-30)13-18-28-10-7-6-9-25(28)4/h5-22H,1,3H2,2,4H3. The van der Waals surface area contributed by atoms with Gasteiger partial charge < -0.3 is 0 Å².